The van der Waals surface area contributed by atoms with Gasteiger partial charge in [0.15, 0.2) is 0 Å². The second-order valence-corrected chi connectivity index (χ2v) is 6.79. The molecule has 0 unspecified atom stereocenters. The van der Waals surface area contributed by atoms with Crippen molar-refractivity contribution in [3.05, 3.63) is 48.0 Å². The Kier molecular flexibility index (Phi) is 6.00. The second kappa shape index (κ2) is 8.66. The summed E-state index contributed by atoms with van der Waals surface area (Å²) in [6, 6.07) is 10.2. The van der Waals surface area contributed by atoms with Crippen molar-refractivity contribution in [1.82, 2.24) is 4.90 Å². The summed E-state index contributed by atoms with van der Waals surface area (Å²) in [5, 5.41) is 5.10. The van der Waals surface area contributed by atoms with Gasteiger partial charge >= 0.3 is 17.8 Å². The number of rotatable bonds is 6. The van der Waals surface area contributed by atoms with E-state index in [9.17, 15) is 24.0 Å². The van der Waals surface area contributed by atoms with Crippen LogP contribution in [0.5, 0.6) is 5.75 Å². The van der Waals surface area contributed by atoms with Gasteiger partial charge in [-0.15, -0.1) is 0 Å². The second-order valence-electron chi connectivity index (χ2n) is 6.79. The molecule has 0 radical (unpaired) electrons. The van der Waals surface area contributed by atoms with Crippen LogP contribution in [-0.4, -0.2) is 48.2 Å². The van der Waals surface area contributed by atoms with E-state index in [0.29, 0.717) is 16.3 Å². The molecular formula is C21H20N4O6. The molecule has 0 bridgehead atoms. The average Bonchev–Trinajstić information content (AvgIpc) is 2.92. The van der Waals surface area contributed by atoms with Crippen molar-refractivity contribution >= 4 is 46.7 Å². The number of imide groups is 2. The number of anilines is 3. The number of ether oxygens (including phenoxy) is 1. The van der Waals surface area contributed by atoms with Gasteiger partial charge in [0.25, 0.3) is 0 Å². The number of carbonyl (C=O) groups is 5. The molecule has 10 heteroatoms. The Labute approximate surface area is 177 Å². The third-order valence-corrected chi connectivity index (χ3v) is 4.44. The number of carbonyl (C=O) groups excluding carboxylic acids is 5. The standard InChI is InChI=1S/C21H20N4O6/c1-12-4-7-15(8-5-12)25-20(29)19(28)24(21(25)30)11-18(27)23-16-10-14(22-13(2)26)6-9-17(16)31-3/h4-10H,11H2,1-3H3,(H,22,26)(H,23,27). The minimum atomic E-state index is -1.10. The fourth-order valence-corrected chi connectivity index (χ4v) is 2.99. The van der Waals surface area contributed by atoms with E-state index < -0.39 is 30.3 Å². The Hall–Kier alpha value is -4.21. The van der Waals surface area contributed by atoms with E-state index in [1.807, 2.05) is 6.92 Å². The van der Waals surface area contributed by atoms with Gasteiger partial charge in [0, 0.05) is 12.6 Å². The highest BCUT2D eigenvalue weighted by Gasteiger charge is 2.46. The van der Waals surface area contributed by atoms with Crippen LogP contribution in [0, 0.1) is 6.92 Å². The van der Waals surface area contributed by atoms with Gasteiger partial charge in [0.1, 0.15) is 12.3 Å². The molecule has 3 rings (SSSR count). The van der Waals surface area contributed by atoms with Crippen LogP contribution in [0.1, 0.15) is 12.5 Å². The SMILES string of the molecule is COc1ccc(NC(C)=O)cc1NC(=O)CN1C(=O)C(=O)N(c2ccc(C)cc2)C1=O. The fourth-order valence-electron chi connectivity index (χ4n) is 2.99. The van der Waals surface area contributed by atoms with Crippen molar-refractivity contribution in [2.24, 2.45) is 0 Å². The molecule has 2 aromatic rings. The molecular weight excluding hydrogens is 404 g/mol. The van der Waals surface area contributed by atoms with Gasteiger partial charge in [-0.1, -0.05) is 17.7 Å². The van der Waals surface area contributed by atoms with Crippen molar-refractivity contribution in [2.75, 3.05) is 29.2 Å². The third kappa shape index (κ3) is 4.53. The fraction of sp³-hybridized carbons (Fsp3) is 0.190. The molecule has 0 spiro atoms. The highest BCUT2D eigenvalue weighted by Crippen LogP contribution is 2.28. The summed E-state index contributed by atoms with van der Waals surface area (Å²) < 4.78 is 5.18. The number of amides is 6. The van der Waals surface area contributed by atoms with E-state index in [0.717, 1.165) is 10.5 Å². The number of nitrogens with one attached hydrogen (secondary N) is 2. The maximum Gasteiger partial charge on any atom is 0.339 e. The number of aryl methyl sites for hydroxylation is 1. The molecule has 0 saturated carbocycles. The maximum atomic E-state index is 12.7. The maximum absolute atomic E-state index is 12.7. The van der Waals surface area contributed by atoms with E-state index in [1.54, 1.807) is 30.3 Å². The lowest BCUT2D eigenvalue weighted by Crippen LogP contribution is -2.39. The molecule has 0 aromatic heterocycles. The summed E-state index contributed by atoms with van der Waals surface area (Å²) in [7, 11) is 1.40. The number of nitrogens with zero attached hydrogens (tertiary/aromatic N) is 2. The van der Waals surface area contributed by atoms with Crippen molar-refractivity contribution in [3.63, 3.8) is 0 Å². The van der Waals surface area contributed by atoms with Crippen LogP contribution in [0.2, 0.25) is 0 Å². The topological polar surface area (TPSA) is 125 Å². The molecule has 1 fully saturated rings. The summed E-state index contributed by atoms with van der Waals surface area (Å²) in [4.78, 5) is 62.4. The monoisotopic (exact) mass is 424 g/mol. The van der Waals surface area contributed by atoms with E-state index >= 15 is 0 Å². The van der Waals surface area contributed by atoms with E-state index in [1.165, 1.54) is 26.2 Å². The van der Waals surface area contributed by atoms with Gasteiger partial charge in [-0.3, -0.25) is 19.2 Å². The van der Waals surface area contributed by atoms with Crippen LogP contribution in [0.15, 0.2) is 42.5 Å². The molecule has 2 aromatic carbocycles. The summed E-state index contributed by atoms with van der Waals surface area (Å²) in [6.07, 6.45) is 0. The van der Waals surface area contributed by atoms with E-state index in [4.69, 9.17) is 4.74 Å². The van der Waals surface area contributed by atoms with Crippen LogP contribution >= 0.6 is 0 Å². The molecule has 1 aliphatic rings. The minimum Gasteiger partial charge on any atom is -0.495 e. The van der Waals surface area contributed by atoms with Gasteiger partial charge in [0.05, 0.1) is 18.5 Å². The number of urea groups is 1. The first-order valence-corrected chi connectivity index (χ1v) is 9.23. The zero-order valence-corrected chi connectivity index (χ0v) is 17.1. The van der Waals surface area contributed by atoms with Crippen LogP contribution in [0.25, 0.3) is 0 Å². The predicted octanol–water partition coefficient (Wildman–Crippen LogP) is 1.90. The molecule has 1 aliphatic heterocycles. The molecule has 160 valence electrons. The Morgan fingerprint density at radius 1 is 0.968 bits per heavy atom. The van der Waals surface area contributed by atoms with Crippen LogP contribution in [-0.2, 0) is 19.2 Å². The summed E-state index contributed by atoms with van der Waals surface area (Å²) in [5.41, 5.74) is 1.79. The third-order valence-electron chi connectivity index (χ3n) is 4.44. The van der Waals surface area contributed by atoms with Gasteiger partial charge in [-0.05, 0) is 37.3 Å². The molecule has 2 N–H and O–H groups in total. The van der Waals surface area contributed by atoms with Crippen molar-refractivity contribution in [2.45, 2.75) is 13.8 Å². The number of hydrogen-bond acceptors (Lipinski definition) is 6. The summed E-state index contributed by atoms with van der Waals surface area (Å²) >= 11 is 0. The highest BCUT2D eigenvalue weighted by atomic mass is 16.5. The van der Waals surface area contributed by atoms with Crippen molar-refractivity contribution < 1.29 is 28.7 Å². The van der Waals surface area contributed by atoms with E-state index in [-0.39, 0.29) is 17.3 Å². The van der Waals surface area contributed by atoms with Crippen molar-refractivity contribution in [3.8, 4) is 5.75 Å². The number of hydrogen-bond donors (Lipinski definition) is 2. The molecule has 10 nitrogen and oxygen atoms in total. The zero-order valence-electron chi connectivity index (χ0n) is 17.1. The number of methoxy groups -OCH3 is 1. The van der Waals surface area contributed by atoms with Crippen LogP contribution in [0.3, 0.4) is 0 Å². The van der Waals surface area contributed by atoms with Gasteiger partial charge in [-0.25, -0.2) is 14.6 Å². The molecule has 1 heterocycles. The van der Waals surface area contributed by atoms with Gasteiger partial charge < -0.3 is 15.4 Å². The first-order valence-electron chi connectivity index (χ1n) is 9.23. The molecule has 31 heavy (non-hydrogen) atoms. The molecule has 0 aliphatic carbocycles. The Morgan fingerprint density at radius 2 is 1.65 bits per heavy atom. The Morgan fingerprint density at radius 3 is 2.26 bits per heavy atom. The van der Waals surface area contributed by atoms with Crippen molar-refractivity contribution in [1.29, 1.82) is 0 Å². The summed E-state index contributed by atoms with van der Waals surface area (Å²) in [5.74, 6) is -2.85. The lowest BCUT2D eigenvalue weighted by molar-refractivity contribution is -0.140. The minimum absolute atomic E-state index is 0.222. The lowest BCUT2D eigenvalue weighted by atomic mass is 10.2. The zero-order chi connectivity index (χ0) is 22.7. The largest absolute Gasteiger partial charge is 0.495 e. The van der Waals surface area contributed by atoms with Gasteiger partial charge in [0.2, 0.25) is 11.8 Å². The molecule has 6 amide bonds. The van der Waals surface area contributed by atoms with Crippen LogP contribution < -0.4 is 20.3 Å². The summed E-state index contributed by atoms with van der Waals surface area (Å²) in [6.45, 7) is 2.51. The first kappa shape index (κ1) is 21.5. The normalized spacial score (nSPS) is 13.5. The molecule has 1 saturated heterocycles. The predicted molar refractivity (Wildman–Crippen MR) is 112 cm³/mol. The quantitative estimate of drug-likeness (QED) is 0.539. The highest BCUT2D eigenvalue weighted by molar-refractivity contribution is 6.53. The first-order chi connectivity index (χ1) is 14.7. The number of benzene rings is 2. The van der Waals surface area contributed by atoms with E-state index in [2.05, 4.69) is 10.6 Å². The lowest BCUT2D eigenvalue weighted by Gasteiger charge is -2.16. The Bertz CT molecular complexity index is 1080. The molecule has 0 atom stereocenters. The van der Waals surface area contributed by atoms with Crippen LogP contribution in [0.4, 0.5) is 21.9 Å². The Balaban J connectivity index is 1.76. The van der Waals surface area contributed by atoms with Gasteiger partial charge in [-0.2, -0.15) is 0 Å². The smallest absolute Gasteiger partial charge is 0.339 e. The average molecular weight is 424 g/mol.